The molecule has 0 aliphatic carbocycles. The van der Waals surface area contributed by atoms with Gasteiger partial charge in [-0.1, -0.05) is 0 Å². The zero-order valence-corrected chi connectivity index (χ0v) is 18.9. The summed E-state index contributed by atoms with van der Waals surface area (Å²) in [7, 11) is 1.73. The Morgan fingerprint density at radius 1 is 1.15 bits per heavy atom. The molecule has 5 heterocycles. The quantitative estimate of drug-likeness (QED) is 0.678. The highest BCUT2D eigenvalue weighted by Crippen LogP contribution is 2.38. The van der Waals surface area contributed by atoms with Crippen LogP contribution >= 0.6 is 0 Å². The highest BCUT2D eigenvalue weighted by atomic mass is 16.5. The van der Waals surface area contributed by atoms with Gasteiger partial charge in [0.25, 0.3) is 0 Å². The molecule has 1 aromatic heterocycles. The second kappa shape index (κ2) is 8.81. The molecule has 0 saturated carbocycles. The fraction of sp³-hybridized carbons (Fsp3) is 0.652. The van der Waals surface area contributed by atoms with Gasteiger partial charge in [0.15, 0.2) is 0 Å². The largest absolute Gasteiger partial charge is 0.465 e. The molecule has 0 spiro atoms. The summed E-state index contributed by atoms with van der Waals surface area (Å²) in [4.78, 5) is 47.7. The molecule has 4 saturated heterocycles. The van der Waals surface area contributed by atoms with Gasteiger partial charge >= 0.3 is 6.09 Å². The lowest BCUT2D eigenvalue weighted by Crippen LogP contribution is -2.59. The first-order valence-electron chi connectivity index (χ1n) is 11.8. The number of ether oxygens (including phenoxy) is 1. The molecule has 4 aliphatic rings. The van der Waals surface area contributed by atoms with Crippen molar-refractivity contribution < 1.29 is 24.2 Å². The minimum atomic E-state index is -1.20. The van der Waals surface area contributed by atoms with E-state index in [0.29, 0.717) is 25.9 Å². The number of aromatic nitrogens is 1. The summed E-state index contributed by atoms with van der Waals surface area (Å²) in [5, 5.41) is 11.4. The molecule has 0 radical (unpaired) electrons. The van der Waals surface area contributed by atoms with Crippen LogP contribution in [0.4, 0.5) is 10.5 Å². The van der Waals surface area contributed by atoms with Gasteiger partial charge in [-0.05, 0) is 38.2 Å². The number of pyridine rings is 1. The average Bonchev–Trinajstić information content (AvgIpc) is 3.09. The SMILES string of the molecule is COC1CN(c2ccncc2C2CN(C(=O)[C@@H]3CC[C@@H]4CCC[C@H](NC(=O)O)C(=O)N43)C2)C1. The maximum absolute atomic E-state index is 13.4. The summed E-state index contributed by atoms with van der Waals surface area (Å²) in [5.74, 6) is -0.0579. The average molecular weight is 458 g/mol. The molecule has 3 atom stereocenters. The minimum Gasteiger partial charge on any atom is -0.465 e. The Morgan fingerprint density at radius 2 is 1.94 bits per heavy atom. The molecule has 10 heteroatoms. The van der Waals surface area contributed by atoms with Gasteiger partial charge < -0.3 is 29.9 Å². The Labute approximate surface area is 192 Å². The van der Waals surface area contributed by atoms with Crippen molar-refractivity contribution in [3.05, 3.63) is 24.0 Å². The monoisotopic (exact) mass is 457 g/mol. The third-order valence-corrected chi connectivity index (χ3v) is 7.65. The first kappa shape index (κ1) is 21.9. The van der Waals surface area contributed by atoms with Gasteiger partial charge in [-0.25, -0.2) is 4.79 Å². The van der Waals surface area contributed by atoms with Gasteiger partial charge in [-0.2, -0.15) is 0 Å². The van der Waals surface area contributed by atoms with Crippen LogP contribution in [0.5, 0.6) is 0 Å². The number of hydrogen-bond acceptors (Lipinski definition) is 6. The minimum absolute atomic E-state index is 0.0214. The number of nitrogens with one attached hydrogen (secondary N) is 1. The van der Waals surface area contributed by atoms with E-state index in [1.165, 1.54) is 0 Å². The van der Waals surface area contributed by atoms with E-state index >= 15 is 0 Å². The summed E-state index contributed by atoms with van der Waals surface area (Å²) < 4.78 is 5.39. The van der Waals surface area contributed by atoms with Crippen molar-refractivity contribution in [2.45, 2.75) is 62.3 Å². The maximum Gasteiger partial charge on any atom is 0.405 e. The lowest BCUT2D eigenvalue weighted by molar-refractivity contribution is -0.148. The number of nitrogens with zero attached hydrogens (tertiary/aromatic N) is 4. The summed E-state index contributed by atoms with van der Waals surface area (Å²) in [6.07, 6.45) is 6.25. The van der Waals surface area contributed by atoms with E-state index in [1.54, 1.807) is 18.2 Å². The van der Waals surface area contributed by atoms with Gasteiger partial charge in [0.2, 0.25) is 11.8 Å². The number of rotatable bonds is 5. The molecule has 33 heavy (non-hydrogen) atoms. The number of carbonyl (C=O) groups excluding carboxylic acids is 2. The van der Waals surface area contributed by atoms with E-state index in [-0.39, 0.29) is 29.9 Å². The van der Waals surface area contributed by atoms with Crippen molar-refractivity contribution in [1.29, 1.82) is 0 Å². The zero-order valence-electron chi connectivity index (χ0n) is 18.9. The molecule has 178 valence electrons. The van der Waals surface area contributed by atoms with Gasteiger partial charge in [-0.3, -0.25) is 14.6 Å². The maximum atomic E-state index is 13.4. The van der Waals surface area contributed by atoms with Crippen LogP contribution < -0.4 is 10.2 Å². The topological polar surface area (TPSA) is 115 Å². The Morgan fingerprint density at radius 3 is 2.67 bits per heavy atom. The normalized spacial score (nSPS) is 28.1. The molecular weight excluding hydrogens is 426 g/mol. The van der Waals surface area contributed by atoms with Crippen LogP contribution in [0.3, 0.4) is 0 Å². The molecule has 5 rings (SSSR count). The van der Waals surface area contributed by atoms with Crippen LogP contribution in [0.15, 0.2) is 18.5 Å². The van der Waals surface area contributed by atoms with Gasteiger partial charge in [0.05, 0.1) is 6.10 Å². The third-order valence-electron chi connectivity index (χ3n) is 7.65. The predicted octanol–water partition coefficient (Wildman–Crippen LogP) is 1.02. The van der Waals surface area contributed by atoms with Crippen molar-refractivity contribution in [3.8, 4) is 0 Å². The molecule has 0 unspecified atom stereocenters. The fourth-order valence-electron chi connectivity index (χ4n) is 5.74. The second-order valence-corrected chi connectivity index (χ2v) is 9.56. The van der Waals surface area contributed by atoms with Crippen LogP contribution in [0.2, 0.25) is 0 Å². The Balaban J connectivity index is 1.24. The molecule has 10 nitrogen and oxygen atoms in total. The predicted molar refractivity (Wildman–Crippen MR) is 119 cm³/mol. The summed E-state index contributed by atoms with van der Waals surface area (Å²) in [6, 6.07) is 0.786. The van der Waals surface area contributed by atoms with E-state index in [0.717, 1.165) is 43.6 Å². The number of carbonyl (C=O) groups is 3. The highest BCUT2D eigenvalue weighted by Gasteiger charge is 2.48. The van der Waals surface area contributed by atoms with Crippen LogP contribution in [0, 0.1) is 0 Å². The van der Waals surface area contributed by atoms with Crippen LogP contribution in [0.25, 0.3) is 0 Å². The van der Waals surface area contributed by atoms with Crippen molar-refractivity contribution in [2.75, 3.05) is 38.2 Å². The number of likely N-dealkylation sites (tertiary alicyclic amines) is 1. The Kier molecular flexibility index (Phi) is 5.86. The molecule has 0 bridgehead atoms. The lowest BCUT2D eigenvalue weighted by atomic mass is 9.89. The Hall–Kier alpha value is -2.88. The van der Waals surface area contributed by atoms with E-state index in [9.17, 15) is 14.4 Å². The Bertz CT molecular complexity index is 930. The molecule has 4 aliphatic heterocycles. The van der Waals surface area contributed by atoms with Crippen molar-refractivity contribution >= 4 is 23.6 Å². The molecule has 2 N–H and O–H groups in total. The first-order chi connectivity index (χ1) is 16.0. The summed E-state index contributed by atoms with van der Waals surface area (Å²) in [5.41, 5.74) is 2.30. The van der Waals surface area contributed by atoms with E-state index in [4.69, 9.17) is 9.84 Å². The molecule has 1 aromatic rings. The fourth-order valence-corrected chi connectivity index (χ4v) is 5.74. The number of methoxy groups -OCH3 is 1. The van der Waals surface area contributed by atoms with Gasteiger partial charge in [-0.15, -0.1) is 0 Å². The van der Waals surface area contributed by atoms with Crippen LogP contribution in [-0.2, 0) is 14.3 Å². The summed E-state index contributed by atoms with van der Waals surface area (Å²) >= 11 is 0. The molecule has 3 amide bonds. The second-order valence-electron chi connectivity index (χ2n) is 9.56. The number of carboxylic acid groups (broad SMARTS) is 1. The first-order valence-corrected chi connectivity index (χ1v) is 11.8. The van der Waals surface area contributed by atoms with E-state index < -0.39 is 18.2 Å². The van der Waals surface area contributed by atoms with Crippen molar-refractivity contribution in [3.63, 3.8) is 0 Å². The zero-order chi connectivity index (χ0) is 23.1. The molecular formula is C23H31N5O5. The number of fused-ring (bicyclic) bond motifs is 1. The molecule has 4 fully saturated rings. The number of anilines is 1. The lowest BCUT2D eigenvalue weighted by Gasteiger charge is -2.45. The van der Waals surface area contributed by atoms with Gasteiger partial charge in [0, 0.05) is 68.9 Å². The van der Waals surface area contributed by atoms with Gasteiger partial charge in [0.1, 0.15) is 12.1 Å². The number of amides is 3. The van der Waals surface area contributed by atoms with Crippen LogP contribution in [0.1, 0.15) is 43.6 Å². The van der Waals surface area contributed by atoms with Crippen molar-refractivity contribution in [1.82, 2.24) is 20.1 Å². The third kappa shape index (κ3) is 4.01. The van der Waals surface area contributed by atoms with Crippen LogP contribution in [-0.4, -0.2) is 95.3 Å². The summed E-state index contributed by atoms with van der Waals surface area (Å²) in [6.45, 7) is 2.93. The molecule has 0 aromatic carbocycles. The van der Waals surface area contributed by atoms with Crippen molar-refractivity contribution in [2.24, 2.45) is 0 Å². The number of hydrogen-bond donors (Lipinski definition) is 2. The highest BCUT2D eigenvalue weighted by molar-refractivity contribution is 5.92. The van der Waals surface area contributed by atoms with E-state index in [2.05, 4.69) is 15.2 Å². The van der Waals surface area contributed by atoms with E-state index in [1.807, 2.05) is 17.2 Å². The standard InChI is InChI=1S/C23H31N5O5/c1-33-16-12-26(13-16)19-7-8-24-9-17(19)14-10-27(11-14)22(30)20-6-5-15-3-2-4-18(25-23(31)32)21(29)28(15)20/h7-9,14-16,18,20,25H,2-6,10-13H2,1H3,(H,31,32)/t15-,18-,20-/m0/s1. The smallest absolute Gasteiger partial charge is 0.405 e.